The van der Waals surface area contributed by atoms with Crippen LogP contribution in [0.3, 0.4) is 0 Å². The first kappa shape index (κ1) is 15.6. The van der Waals surface area contributed by atoms with Crippen molar-refractivity contribution < 1.29 is 24.2 Å². The van der Waals surface area contributed by atoms with Crippen molar-refractivity contribution in [3.05, 3.63) is 35.9 Å². The zero-order valence-electron chi connectivity index (χ0n) is 10.9. The molecule has 0 heterocycles. The normalized spacial score (nSPS) is 13.1. The molecule has 0 saturated carbocycles. The molecule has 1 rings (SSSR count). The second-order valence-electron chi connectivity index (χ2n) is 4.09. The van der Waals surface area contributed by atoms with Crippen LogP contribution in [-0.4, -0.2) is 42.1 Å². The molecule has 0 aliphatic heterocycles. The van der Waals surface area contributed by atoms with Crippen molar-refractivity contribution >= 4 is 17.8 Å². The van der Waals surface area contributed by atoms with E-state index in [1.54, 1.807) is 24.3 Å². The number of hydrogen-bond donors (Lipinski definition) is 3. The summed E-state index contributed by atoms with van der Waals surface area (Å²) in [6.07, 6.45) is 0.186. The summed E-state index contributed by atoms with van der Waals surface area (Å²) in [7, 11) is 1.18. The maximum Gasteiger partial charge on any atom is 0.330 e. The average molecular weight is 280 g/mol. The van der Waals surface area contributed by atoms with Gasteiger partial charge in [-0.2, -0.15) is 0 Å². The van der Waals surface area contributed by atoms with Crippen molar-refractivity contribution in [1.82, 2.24) is 5.32 Å². The summed E-state index contributed by atoms with van der Waals surface area (Å²) in [6.45, 7) is 0. The van der Waals surface area contributed by atoms with Crippen LogP contribution in [0.2, 0.25) is 0 Å². The molecular formula is C13H16N2O5. The van der Waals surface area contributed by atoms with Gasteiger partial charge in [0.15, 0.2) is 6.04 Å². The fourth-order valence-corrected chi connectivity index (χ4v) is 1.56. The summed E-state index contributed by atoms with van der Waals surface area (Å²) in [5.41, 5.74) is 5.98. The Morgan fingerprint density at radius 1 is 1.30 bits per heavy atom. The molecule has 0 saturated heterocycles. The molecular weight excluding hydrogens is 264 g/mol. The van der Waals surface area contributed by atoms with Crippen molar-refractivity contribution in [2.45, 2.75) is 18.5 Å². The highest BCUT2D eigenvalue weighted by molar-refractivity contribution is 6.02. The van der Waals surface area contributed by atoms with Crippen molar-refractivity contribution in [3.63, 3.8) is 0 Å². The van der Waals surface area contributed by atoms with Gasteiger partial charge in [0.05, 0.1) is 7.11 Å². The number of aliphatic carboxylic acids is 1. The van der Waals surface area contributed by atoms with Crippen LogP contribution in [0, 0.1) is 0 Å². The number of amides is 1. The molecule has 0 aliphatic carbocycles. The minimum atomic E-state index is -1.72. The van der Waals surface area contributed by atoms with E-state index >= 15 is 0 Å². The monoisotopic (exact) mass is 280 g/mol. The van der Waals surface area contributed by atoms with E-state index in [2.05, 4.69) is 10.1 Å². The van der Waals surface area contributed by atoms with Crippen molar-refractivity contribution in [3.8, 4) is 0 Å². The van der Waals surface area contributed by atoms with E-state index in [0.717, 1.165) is 5.56 Å². The van der Waals surface area contributed by atoms with Gasteiger partial charge in [-0.25, -0.2) is 9.59 Å². The van der Waals surface area contributed by atoms with Gasteiger partial charge in [0.1, 0.15) is 6.04 Å². The molecule has 0 bridgehead atoms. The first-order chi connectivity index (χ1) is 9.45. The number of nitrogens with two attached hydrogens (primary N) is 1. The summed E-state index contributed by atoms with van der Waals surface area (Å²) in [4.78, 5) is 33.8. The molecule has 1 aromatic carbocycles. The Morgan fingerprint density at radius 3 is 2.40 bits per heavy atom. The van der Waals surface area contributed by atoms with Gasteiger partial charge < -0.3 is 20.9 Å². The fraction of sp³-hybridized carbons (Fsp3) is 0.308. The topological polar surface area (TPSA) is 119 Å². The standard InChI is InChI=1S/C13H16N2O5/c1-20-13(19)9(7-8-5-3-2-4-6-8)15-11(16)10(14)12(17)18/h2-6,9-10H,7,14H2,1H3,(H,15,16)(H,17,18)/t9-,10?/m0/s1. The number of ether oxygens (including phenoxy) is 1. The van der Waals surface area contributed by atoms with Gasteiger partial charge in [0.2, 0.25) is 5.91 Å². The molecule has 7 heteroatoms. The number of carbonyl (C=O) groups excluding carboxylic acids is 2. The zero-order valence-corrected chi connectivity index (χ0v) is 10.9. The average Bonchev–Trinajstić information content (AvgIpc) is 2.45. The maximum absolute atomic E-state index is 11.6. The molecule has 1 amide bonds. The van der Waals surface area contributed by atoms with Crippen LogP contribution in [-0.2, 0) is 25.5 Å². The third-order valence-electron chi connectivity index (χ3n) is 2.63. The first-order valence-corrected chi connectivity index (χ1v) is 5.86. The van der Waals surface area contributed by atoms with Crippen LogP contribution in [0.15, 0.2) is 30.3 Å². The lowest BCUT2D eigenvalue weighted by Gasteiger charge is -2.17. The van der Waals surface area contributed by atoms with E-state index < -0.39 is 29.9 Å². The number of nitrogens with one attached hydrogen (secondary N) is 1. The summed E-state index contributed by atoms with van der Waals surface area (Å²) < 4.78 is 4.58. The molecule has 0 fully saturated rings. The largest absolute Gasteiger partial charge is 0.480 e. The number of hydrogen-bond acceptors (Lipinski definition) is 5. The third-order valence-corrected chi connectivity index (χ3v) is 2.63. The maximum atomic E-state index is 11.6. The number of rotatable bonds is 6. The van der Waals surface area contributed by atoms with Crippen LogP contribution in [0.4, 0.5) is 0 Å². The molecule has 7 nitrogen and oxygen atoms in total. The van der Waals surface area contributed by atoms with Crippen molar-refractivity contribution in [2.75, 3.05) is 7.11 Å². The molecule has 0 aliphatic rings. The van der Waals surface area contributed by atoms with Crippen LogP contribution in [0.5, 0.6) is 0 Å². The SMILES string of the molecule is COC(=O)[C@H](Cc1ccccc1)NC(=O)C(N)C(=O)O. The Hall–Kier alpha value is -2.41. The molecule has 4 N–H and O–H groups in total. The van der Waals surface area contributed by atoms with E-state index in [0.29, 0.717) is 0 Å². The van der Waals surface area contributed by atoms with E-state index in [1.165, 1.54) is 7.11 Å². The Balaban J connectivity index is 2.78. The molecule has 20 heavy (non-hydrogen) atoms. The Labute approximate surface area is 115 Å². The number of esters is 1. The van der Waals surface area contributed by atoms with E-state index in [-0.39, 0.29) is 6.42 Å². The van der Waals surface area contributed by atoms with Gasteiger partial charge in [-0.3, -0.25) is 4.79 Å². The zero-order chi connectivity index (χ0) is 15.1. The number of methoxy groups -OCH3 is 1. The summed E-state index contributed by atoms with van der Waals surface area (Å²) in [5.74, 6) is -3.07. The molecule has 0 spiro atoms. The second-order valence-corrected chi connectivity index (χ2v) is 4.09. The Kier molecular flexibility index (Phi) is 5.67. The number of carbonyl (C=O) groups is 3. The highest BCUT2D eigenvalue weighted by Crippen LogP contribution is 2.04. The van der Waals surface area contributed by atoms with Crippen LogP contribution in [0.25, 0.3) is 0 Å². The number of benzene rings is 1. The summed E-state index contributed by atoms with van der Waals surface area (Å²) in [6, 6.07) is 6.23. The summed E-state index contributed by atoms with van der Waals surface area (Å²) in [5, 5.41) is 10.9. The van der Waals surface area contributed by atoms with Gasteiger partial charge in [0.25, 0.3) is 0 Å². The highest BCUT2D eigenvalue weighted by Gasteiger charge is 2.27. The van der Waals surface area contributed by atoms with Crippen LogP contribution in [0.1, 0.15) is 5.56 Å². The van der Waals surface area contributed by atoms with Gasteiger partial charge in [-0.05, 0) is 5.56 Å². The van der Waals surface area contributed by atoms with Crippen molar-refractivity contribution in [1.29, 1.82) is 0 Å². The molecule has 2 atom stereocenters. The van der Waals surface area contributed by atoms with Crippen molar-refractivity contribution in [2.24, 2.45) is 5.73 Å². The van der Waals surface area contributed by atoms with E-state index in [1.807, 2.05) is 6.07 Å². The van der Waals surface area contributed by atoms with Crippen LogP contribution < -0.4 is 11.1 Å². The predicted molar refractivity (Wildman–Crippen MR) is 69.7 cm³/mol. The fourth-order valence-electron chi connectivity index (χ4n) is 1.56. The van der Waals surface area contributed by atoms with Gasteiger partial charge in [-0.1, -0.05) is 30.3 Å². The Morgan fingerprint density at radius 2 is 1.90 bits per heavy atom. The number of carboxylic acid groups (broad SMARTS) is 1. The van der Waals surface area contributed by atoms with Gasteiger partial charge in [-0.15, -0.1) is 0 Å². The summed E-state index contributed by atoms with van der Waals surface area (Å²) >= 11 is 0. The van der Waals surface area contributed by atoms with Gasteiger partial charge >= 0.3 is 11.9 Å². The quantitative estimate of drug-likeness (QED) is 0.468. The van der Waals surface area contributed by atoms with E-state index in [9.17, 15) is 14.4 Å². The first-order valence-electron chi connectivity index (χ1n) is 5.86. The lowest BCUT2D eigenvalue weighted by Crippen LogP contribution is -2.52. The molecule has 0 aromatic heterocycles. The Bertz CT molecular complexity index is 489. The molecule has 1 aromatic rings. The molecule has 1 unspecified atom stereocenters. The molecule has 0 radical (unpaired) electrons. The number of carboxylic acids is 1. The predicted octanol–water partition coefficient (Wildman–Crippen LogP) is -0.701. The van der Waals surface area contributed by atoms with E-state index in [4.69, 9.17) is 10.8 Å². The van der Waals surface area contributed by atoms with Gasteiger partial charge in [0, 0.05) is 6.42 Å². The molecule has 108 valence electrons. The lowest BCUT2D eigenvalue weighted by molar-refractivity contribution is -0.148. The minimum Gasteiger partial charge on any atom is -0.480 e. The highest BCUT2D eigenvalue weighted by atomic mass is 16.5. The third kappa shape index (κ3) is 4.36. The minimum absolute atomic E-state index is 0.186. The van der Waals surface area contributed by atoms with Crippen LogP contribution >= 0.6 is 0 Å². The second kappa shape index (κ2) is 7.25. The smallest absolute Gasteiger partial charge is 0.330 e. The lowest BCUT2D eigenvalue weighted by atomic mass is 10.1.